The lowest BCUT2D eigenvalue weighted by Crippen LogP contribution is -2.13. The van der Waals surface area contributed by atoms with Crippen LogP contribution >= 0.6 is 0 Å². The van der Waals surface area contributed by atoms with E-state index in [2.05, 4.69) is 5.32 Å². The Hall–Kier alpha value is -3.02. The van der Waals surface area contributed by atoms with Crippen molar-refractivity contribution in [2.45, 2.75) is 0 Å². The van der Waals surface area contributed by atoms with Crippen molar-refractivity contribution in [1.82, 2.24) is 0 Å². The molecule has 0 saturated heterocycles. The van der Waals surface area contributed by atoms with Crippen LogP contribution in [0.4, 0.5) is 11.4 Å². The molecule has 0 radical (unpaired) electrons. The first kappa shape index (κ1) is 13.4. The predicted octanol–water partition coefficient (Wildman–Crippen LogP) is 1.92. The predicted molar refractivity (Wildman–Crippen MR) is 73.9 cm³/mol. The molecule has 0 fully saturated rings. The highest BCUT2D eigenvalue weighted by atomic mass is 16.4. The third-order valence-corrected chi connectivity index (χ3v) is 2.70. The van der Waals surface area contributed by atoms with Crippen LogP contribution < -0.4 is 11.1 Å². The molecule has 2 rings (SSSR count). The van der Waals surface area contributed by atoms with E-state index < -0.39 is 11.9 Å². The number of nitrogens with one attached hydrogen (secondary N) is 1. The molecule has 6 heteroatoms. The van der Waals surface area contributed by atoms with Crippen LogP contribution in [0.5, 0.6) is 5.75 Å². The fourth-order valence-electron chi connectivity index (χ4n) is 1.66. The highest BCUT2D eigenvalue weighted by molar-refractivity contribution is 6.07. The Morgan fingerprint density at radius 3 is 2.40 bits per heavy atom. The summed E-state index contributed by atoms with van der Waals surface area (Å²) in [6.45, 7) is 0. The number of carboxylic acids is 1. The van der Waals surface area contributed by atoms with Gasteiger partial charge in [-0.15, -0.1) is 0 Å². The Bertz CT molecular complexity index is 683. The first-order chi connectivity index (χ1) is 9.49. The number of carbonyl (C=O) groups is 2. The third-order valence-electron chi connectivity index (χ3n) is 2.70. The van der Waals surface area contributed by atoms with E-state index in [1.807, 2.05) is 0 Å². The summed E-state index contributed by atoms with van der Waals surface area (Å²) >= 11 is 0. The molecule has 6 nitrogen and oxygen atoms in total. The number of benzene rings is 2. The van der Waals surface area contributed by atoms with Gasteiger partial charge in [0.15, 0.2) is 0 Å². The number of para-hydroxylation sites is 1. The number of carbonyl (C=O) groups excluding carboxylic acids is 1. The van der Waals surface area contributed by atoms with Gasteiger partial charge in [-0.1, -0.05) is 12.1 Å². The average Bonchev–Trinajstić information content (AvgIpc) is 2.41. The number of hydrogen-bond acceptors (Lipinski definition) is 4. The van der Waals surface area contributed by atoms with E-state index in [-0.39, 0.29) is 28.3 Å². The Balaban J connectivity index is 2.25. The zero-order valence-corrected chi connectivity index (χ0v) is 10.3. The second-order valence-electron chi connectivity index (χ2n) is 4.08. The molecule has 0 aliphatic rings. The number of amides is 1. The summed E-state index contributed by atoms with van der Waals surface area (Å²) < 4.78 is 0. The molecular weight excluding hydrogens is 260 g/mol. The molecule has 102 valence electrons. The van der Waals surface area contributed by atoms with Crippen molar-refractivity contribution < 1.29 is 19.8 Å². The number of hydrogen-bond donors (Lipinski definition) is 4. The van der Waals surface area contributed by atoms with Crippen LogP contribution in [0.25, 0.3) is 0 Å². The van der Waals surface area contributed by atoms with Crippen LogP contribution in [0.1, 0.15) is 20.7 Å². The van der Waals surface area contributed by atoms with Crippen LogP contribution in [-0.4, -0.2) is 22.1 Å². The van der Waals surface area contributed by atoms with Gasteiger partial charge in [0.05, 0.1) is 22.5 Å². The maximum absolute atomic E-state index is 12.0. The van der Waals surface area contributed by atoms with Gasteiger partial charge >= 0.3 is 5.97 Å². The lowest BCUT2D eigenvalue weighted by molar-refractivity contribution is 0.0696. The molecule has 0 aromatic heterocycles. The Morgan fingerprint density at radius 1 is 1.10 bits per heavy atom. The molecule has 0 heterocycles. The standard InChI is InChI=1S/C14H12N2O4/c15-10-7-8(14(19)20)5-6-11(10)16-13(18)9-3-1-2-4-12(9)17/h1-7,17H,15H2,(H,16,18)(H,19,20). The number of aromatic hydroxyl groups is 1. The number of nitrogens with two attached hydrogens (primary N) is 1. The maximum atomic E-state index is 12.0. The quantitative estimate of drug-likeness (QED) is 0.638. The highest BCUT2D eigenvalue weighted by Crippen LogP contribution is 2.22. The summed E-state index contributed by atoms with van der Waals surface area (Å²) in [4.78, 5) is 22.7. The minimum Gasteiger partial charge on any atom is -0.507 e. The third kappa shape index (κ3) is 2.69. The first-order valence-corrected chi connectivity index (χ1v) is 5.71. The molecule has 0 bridgehead atoms. The molecule has 0 saturated carbocycles. The summed E-state index contributed by atoms with van der Waals surface area (Å²) in [7, 11) is 0. The Morgan fingerprint density at radius 2 is 1.80 bits per heavy atom. The normalized spacial score (nSPS) is 10.0. The molecule has 1 amide bonds. The lowest BCUT2D eigenvalue weighted by atomic mass is 10.1. The molecule has 0 aliphatic carbocycles. The van der Waals surface area contributed by atoms with Crippen LogP contribution in [0.3, 0.4) is 0 Å². The van der Waals surface area contributed by atoms with E-state index in [1.54, 1.807) is 12.1 Å². The van der Waals surface area contributed by atoms with E-state index in [0.717, 1.165) is 0 Å². The average molecular weight is 272 g/mol. The molecule has 0 atom stereocenters. The molecule has 20 heavy (non-hydrogen) atoms. The highest BCUT2D eigenvalue weighted by Gasteiger charge is 2.13. The molecular formula is C14H12N2O4. The summed E-state index contributed by atoms with van der Waals surface area (Å²) in [5, 5.41) is 20.9. The Labute approximate surface area is 114 Å². The minimum absolute atomic E-state index is 0.0306. The van der Waals surface area contributed by atoms with E-state index in [9.17, 15) is 14.7 Å². The topological polar surface area (TPSA) is 113 Å². The van der Waals surface area contributed by atoms with Gasteiger partial charge in [0, 0.05) is 0 Å². The Kier molecular flexibility index (Phi) is 3.56. The molecule has 2 aromatic rings. The summed E-state index contributed by atoms with van der Waals surface area (Å²) in [5.41, 5.74) is 6.23. The van der Waals surface area contributed by atoms with Crippen molar-refractivity contribution in [2.75, 3.05) is 11.1 Å². The van der Waals surface area contributed by atoms with E-state index >= 15 is 0 Å². The second kappa shape index (κ2) is 5.31. The van der Waals surface area contributed by atoms with Gasteiger partial charge in [0.2, 0.25) is 0 Å². The van der Waals surface area contributed by atoms with Crippen molar-refractivity contribution in [2.24, 2.45) is 0 Å². The van der Waals surface area contributed by atoms with Crippen molar-refractivity contribution >= 4 is 23.3 Å². The second-order valence-corrected chi connectivity index (χ2v) is 4.08. The van der Waals surface area contributed by atoms with Gasteiger partial charge in [-0.2, -0.15) is 0 Å². The first-order valence-electron chi connectivity index (χ1n) is 5.71. The number of aromatic carboxylic acids is 1. The monoisotopic (exact) mass is 272 g/mol. The van der Waals surface area contributed by atoms with Gasteiger partial charge in [-0.25, -0.2) is 4.79 Å². The van der Waals surface area contributed by atoms with E-state index in [0.29, 0.717) is 0 Å². The lowest BCUT2D eigenvalue weighted by Gasteiger charge is -2.09. The minimum atomic E-state index is -1.10. The number of anilines is 2. The smallest absolute Gasteiger partial charge is 0.335 e. The molecule has 5 N–H and O–H groups in total. The van der Waals surface area contributed by atoms with Crippen LogP contribution in [0.15, 0.2) is 42.5 Å². The fourth-order valence-corrected chi connectivity index (χ4v) is 1.66. The van der Waals surface area contributed by atoms with Crippen molar-refractivity contribution in [3.8, 4) is 5.75 Å². The molecule has 0 aliphatic heterocycles. The van der Waals surface area contributed by atoms with Crippen molar-refractivity contribution in [3.05, 3.63) is 53.6 Å². The number of phenolic OH excluding ortho intramolecular Hbond substituents is 1. The van der Waals surface area contributed by atoms with Gasteiger partial charge in [0.25, 0.3) is 5.91 Å². The van der Waals surface area contributed by atoms with Gasteiger partial charge in [0.1, 0.15) is 5.75 Å². The molecule has 0 unspecified atom stereocenters. The number of phenols is 1. The van der Waals surface area contributed by atoms with Gasteiger partial charge in [-0.3, -0.25) is 4.79 Å². The fraction of sp³-hybridized carbons (Fsp3) is 0. The van der Waals surface area contributed by atoms with Crippen molar-refractivity contribution in [3.63, 3.8) is 0 Å². The van der Waals surface area contributed by atoms with E-state index in [4.69, 9.17) is 10.8 Å². The largest absolute Gasteiger partial charge is 0.507 e. The summed E-state index contributed by atoms with van der Waals surface area (Å²) in [6, 6.07) is 10.1. The SMILES string of the molecule is Nc1cc(C(=O)O)ccc1NC(=O)c1ccccc1O. The number of nitrogen functional groups attached to an aromatic ring is 1. The van der Waals surface area contributed by atoms with Crippen LogP contribution in [0.2, 0.25) is 0 Å². The summed E-state index contributed by atoms with van der Waals surface area (Å²) in [6.07, 6.45) is 0. The van der Waals surface area contributed by atoms with Crippen LogP contribution in [-0.2, 0) is 0 Å². The molecule has 2 aromatic carbocycles. The van der Waals surface area contributed by atoms with E-state index in [1.165, 1.54) is 30.3 Å². The van der Waals surface area contributed by atoms with Crippen molar-refractivity contribution in [1.29, 1.82) is 0 Å². The molecule has 0 spiro atoms. The van der Waals surface area contributed by atoms with Crippen LogP contribution in [0, 0.1) is 0 Å². The van der Waals surface area contributed by atoms with Gasteiger partial charge < -0.3 is 21.3 Å². The number of carboxylic acid groups (broad SMARTS) is 1. The summed E-state index contributed by atoms with van der Waals surface area (Å²) in [5.74, 6) is -1.78. The number of rotatable bonds is 3. The zero-order chi connectivity index (χ0) is 14.7. The van der Waals surface area contributed by atoms with Gasteiger partial charge in [-0.05, 0) is 30.3 Å². The zero-order valence-electron chi connectivity index (χ0n) is 10.3. The maximum Gasteiger partial charge on any atom is 0.335 e.